The third-order valence-corrected chi connectivity index (χ3v) is 6.89. The van der Waals surface area contributed by atoms with Gasteiger partial charge in [0.05, 0.1) is 24.5 Å². The Kier molecular flexibility index (Phi) is 4.94. The van der Waals surface area contributed by atoms with Gasteiger partial charge >= 0.3 is 0 Å². The summed E-state index contributed by atoms with van der Waals surface area (Å²) in [5, 5.41) is 12.3. The monoisotopic (exact) mass is 460 g/mol. The van der Waals surface area contributed by atoms with Crippen molar-refractivity contribution in [3.05, 3.63) is 82.5 Å². The average molecular weight is 461 g/mol. The van der Waals surface area contributed by atoms with Gasteiger partial charge in [-0.2, -0.15) is 0 Å². The minimum atomic E-state index is -0.214. The van der Waals surface area contributed by atoms with Gasteiger partial charge < -0.3 is 9.72 Å². The van der Waals surface area contributed by atoms with Crippen molar-refractivity contribution in [2.45, 2.75) is 50.6 Å². The molecule has 0 aliphatic heterocycles. The van der Waals surface area contributed by atoms with E-state index in [0.717, 1.165) is 29.0 Å². The first-order valence-corrected chi connectivity index (χ1v) is 11.8. The highest BCUT2D eigenvalue weighted by Gasteiger charge is 2.44. The molecule has 1 N–H and O–H groups in total. The van der Waals surface area contributed by atoms with Gasteiger partial charge in [0, 0.05) is 23.3 Å². The molecule has 0 saturated heterocycles. The van der Waals surface area contributed by atoms with E-state index in [1.165, 1.54) is 18.4 Å². The number of aromatic nitrogens is 5. The van der Waals surface area contributed by atoms with Gasteiger partial charge in [-0.05, 0) is 67.3 Å². The Bertz CT molecular complexity index is 1340. The van der Waals surface area contributed by atoms with Crippen molar-refractivity contribution < 1.29 is 4.79 Å². The number of amides is 1. The Labute approximate surface area is 196 Å². The van der Waals surface area contributed by atoms with Gasteiger partial charge in [-0.3, -0.25) is 4.79 Å². The predicted molar refractivity (Wildman–Crippen MR) is 125 cm³/mol. The van der Waals surface area contributed by atoms with E-state index in [9.17, 15) is 4.79 Å². The molecule has 0 radical (unpaired) electrons. The summed E-state index contributed by atoms with van der Waals surface area (Å²) >= 11 is 6.09. The number of carbonyl (C=O) groups is 1. The van der Waals surface area contributed by atoms with Crippen LogP contribution in [0, 0.1) is 5.92 Å². The largest absolute Gasteiger partial charge is 0.348 e. The van der Waals surface area contributed by atoms with Gasteiger partial charge in [0.2, 0.25) is 5.91 Å². The molecule has 3 unspecified atom stereocenters. The normalized spacial score (nSPS) is 20.7. The SMILES string of the molecule is CC(NC(=O)C1CC1c1cccc(Cl)c1)c1cn(Cc2cn3cc(C4CC4)ccc3n2)nn1. The number of carbonyl (C=O) groups excluding carboxylic acids is 1. The van der Waals surface area contributed by atoms with Gasteiger partial charge in [0.25, 0.3) is 0 Å². The molecule has 1 amide bonds. The highest BCUT2D eigenvalue weighted by atomic mass is 35.5. The molecule has 4 aromatic rings. The van der Waals surface area contributed by atoms with E-state index in [2.05, 4.69) is 44.6 Å². The van der Waals surface area contributed by atoms with Crippen molar-refractivity contribution in [1.82, 2.24) is 29.7 Å². The molecule has 3 aromatic heterocycles. The van der Waals surface area contributed by atoms with Crippen LogP contribution in [-0.2, 0) is 11.3 Å². The summed E-state index contributed by atoms with van der Waals surface area (Å²) < 4.78 is 3.86. The number of halogens is 1. The maximum absolute atomic E-state index is 12.7. The lowest BCUT2D eigenvalue weighted by molar-refractivity contribution is -0.123. The Morgan fingerprint density at radius 3 is 2.88 bits per heavy atom. The second kappa shape index (κ2) is 7.99. The number of hydrogen-bond acceptors (Lipinski definition) is 4. The van der Waals surface area contributed by atoms with Crippen molar-refractivity contribution in [3.63, 3.8) is 0 Å². The Morgan fingerprint density at radius 2 is 2.06 bits per heavy atom. The number of imidazole rings is 1. The van der Waals surface area contributed by atoms with Crippen LogP contribution in [-0.4, -0.2) is 30.3 Å². The van der Waals surface area contributed by atoms with Crippen molar-refractivity contribution in [2.75, 3.05) is 0 Å². The quantitative estimate of drug-likeness (QED) is 0.441. The summed E-state index contributed by atoms with van der Waals surface area (Å²) in [4.78, 5) is 17.4. The fourth-order valence-corrected chi connectivity index (χ4v) is 4.73. The van der Waals surface area contributed by atoms with Gasteiger partial charge in [-0.15, -0.1) is 5.10 Å². The Balaban J connectivity index is 1.08. The van der Waals surface area contributed by atoms with E-state index < -0.39 is 0 Å². The molecule has 2 aliphatic rings. The lowest BCUT2D eigenvalue weighted by Crippen LogP contribution is -2.28. The highest BCUT2D eigenvalue weighted by molar-refractivity contribution is 6.30. The highest BCUT2D eigenvalue weighted by Crippen LogP contribution is 2.48. The molecule has 0 bridgehead atoms. The van der Waals surface area contributed by atoms with Crippen LogP contribution in [0.25, 0.3) is 5.65 Å². The van der Waals surface area contributed by atoms with E-state index in [1.54, 1.807) is 4.68 Å². The first-order valence-electron chi connectivity index (χ1n) is 11.5. The topological polar surface area (TPSA) is 77.1 Å². The van der Waals surface area contributed by atoms with Gasteiger partial charge in [0.1, 0.15) is 11.3 Å². The van der Waals surface area contributed by atoms with E-state index >= 15 is 0 Å². The zero-order valence-electron chi connectivity index (χ0n) is 18.4. The van der Waals surface area contributed by atoms with Crippen molar-refractivity contribution in [2.24, 2.45) is 5.92 Å². The van der Waals surface area contributed by atoms with Crippen LogP contribution in [0.5, 0.6) is 0 Å². The summed E-state index contributed by atoms with van der Waals surface area (Å²) in [6, 6.07) is 11.8. The van der Waals surface area contributed by atoms with Gasteiger partial charge in [0.15, 0.2) is 0 Å². The molecule has 7 nitrogen and oxygen atoms in total. The second-order valence-electron chi connectivity index (χ2n) is 9.31. The van der Waals surface area contributed by atoms with Crippen LogP contribution in [0.3, 0.4) is 0 Å². The van der Waals surface area contributed by atoms with Crippen LogP contribution in [0.2, 0.25) is 5.02 Å². The molecule has 8 heteroatoms. The standard InChI is InChI=1S/C25H25ClN6O/c1-15(27-25(33)22-10-21(22)17-3-2-4-19(26)9-17)23-14-32(30-29-23)13-20-12-31-11-18(16-5-6-16)7-8-24(31)28-20/h2-4,7-9,11-12,14-16,21-22H,5-6,10,13H2,1H3,(H,27,33). The molecule has 168 valence electrons. The molecular weight excluding hydrogens is 436 g/mol. The molecule has 33 heavy (non-hydrogen) atoms. The van der Waals surface area contributed by atoms with Crippen LogP contribution >= 0.6 is 11.6 Å². The van der Waals surface area contributed by atoms with Gasteiger partial charge in [-0.25, -0.2) is 9.67 Å². The summed E-state index contributed by atoms with van der Waals surface area (Å²) in [6.07, 6.45) is 9.53. The van der Waals surface area contributed by atoms with Crippen LogP contribution in [0.15, 0.2) is 55.0 Å². The number of hydrogen-bond donors (Lipinski definition) is 1. The van der Waals surface area contributed by atoms with Crippen molar-refractivity contribution >= 4 is 23.2 Å². The first-order chi connectivity index (χ1) is 16.0. The second-order valence-corrected chi connectivity index (χ2v) is 9.75. The van der Waals surface area contributed by atoms with Crippen LogP contribution in [0.1, 0.15) is 66.6 Å². The summed E-state index contributed by atoms with van der Waals surface area (Å²) in [5.41, 5.74) is 5.11. The zero-order valence-corrected chi connectivity index (χ0v) is 19.1. The zero-order chi connectivity index (χ0) is 22.5. The number of pyridine rings is 1. The molecule has 2 saturated carbocycles. The molecule has 2 aliphatic carbocycles. The minimum absolute atomic E-state index is 0.0144. The smallest absolute Gasteiger partial charge is 0.224 e. The number of benzene rings is 1. The van der Waals surface area contributed by atoms with Crippen LogP contribution in [0.4, 0.5) is 0 Å². The van der Waals surface area contributed by atoms with Crippen molar-refractivity contribution in [3.8, 4) is 0 Å². The molecule has 1 aromatic carbocycles. The summed E-state index contributed by atoms with van der Waals surface area (Å²) in [7, 11) is 0. The Hall–Kier alpha value is -3.19. The van der Waals surface area contributed by atoms with E-state index in [0.29, 0.717) is 17.5 Å². The van der Waals surface area contributed by atoms with E-state index in [4.69, 9.17) is 16.6 Å². The lowest BCUT2D eigenvalue weighted by atomic mass is 10.1. The van der Waals surface area contributed by atoms with Gasteiger partial charge in [-0.1, -0.05) is 35.0 Å². The Morgan fingerprint density at radius 1 is 1.18 bits per heavy atom. The average Bonchev–Trinajstić information content (AvgIpc) is 3.71. The molecule has 3 atom stereocenters. The maximum atomic E-state index is 12.7. The number of rotatable bonds is 7. The van der Waals surface area contributed by atoms with E-state index in [1.807, 2.05) is 37.4 Å². The fourth-order valence-electron chi connectivity index (χ4n) is 4.54. The third-order valence-electron chi connectivity index (χ3n) is 6.66. The number of nitrogens with one attached hydrogen (secondary N) is 1. The summed E-state index contributed by atoms with van der Waals surface area (Å²) in [6.45, 7) is 2.47. The first kappa shape index (κ1) is 20.4. The molecule has 3 heterocycles. The summed E-state index contributed by atoms with van der Waals surface area (Å²) in [5.74, 6) is 0.988. The lowest BCUT2D eigenvalue weighted by Gasteiger charge is -2.11. The molecule has 6 rings (SSSR count). The number of nitrogens with zero attached hydrogens (tertiary/aromatic N) is 5. The van der Waals surface area contributed by atoms with E-state index in [-0.39, 0.29) is 23.8 Å². The maximum Gasteiger partial charge on any atom is 0.224 e. The van der Waals surface area contributed by atoms with Crippen molar-refractivity contribution in [1.29, 1.82) is 0 Å². The molecule has 2 fully saturated rings. The molecular formula is C25H25ClN6O. The molecule has 0 spiro atoms. The van der Waals surface area contributed by atoms with Crippen LogP contribution < -0.4 is 5.32 Å². The predicted octanol–water partition coefficient (Wildman–Crippen LogP) is 4.49. The fraction of sp³-hybridized carbons (Fsp3) is 0.360. The third kappa shape index (κ3) is 4.25. The minimum Gasteiger partial charge on any atom is -0.348 e. The number of fused-ring (bicyclic) bond motifs is 1.